The van der Waals surface area contributed by atoms with E-state index in [4.69, 9.17) is 19.6 Å². The molecule has 2 fully saturated rings. The van der Waals surface area contributed by atoms with Crippen LogP contribution in [0.25, 0.3) is 11.3 Å². The fraction of sp³-hybridized carbons (Fsp3) is 0.360. The van der Waals surface area contributed by atoms with E-state index >= 15 is 0 Å². The van der Waals surface area contributed by atoms with Gasteiger partial charge in [0.2, 0.25) is 4.80 Å². The first kappa shape index (κ1) is 22.6. The van der Waals surface area contributed by atoms with Gasteiger partial charge in [0.25, 0.3) is 0 Å². The summed E-state index contributed by atoms with van der Waals surface area (Å²) in [6.07, 6.45) is 4.01. The number of aromatic nitrogens is 1. The van der Waals surface area contributed by atoms with Crippen LogP contribution < -0.4 is 9.70 Å². The van der Waals surface area contributed by atoms with Gasteiger partial charge in [-0.1, -0.05) is 12.1 Å². The summed E-state index contributed by atoms with van der Waals surface area (Å²) in [4.78, 5) is 7.80. The molecule has 178 valence electrons. The summed E-state index contributed by atoms with van der Waals surface area (Å²) in [6.45, 7) is 4.66. The Morgan fingerprint density at radius 2 is 1.88 bits per heavy atom. The largest absolute Gasteiger partial charge is 0.508 e. The molecule has 9 heteroatoms. The SMILES string of the molecule is Oc1ccc(-c2csc(=NCC3CCCO3)n2/N=C/c2ccc(N3CCOCC3)cc2)c(O)c1. The zero-order chi connectivity index (χ0) is 23.3. The average molecular weight is 481 g/mol. The monoisotopic (exact) mass is 480 g/mol. The molecule has 3 heterocycles. The third-order valence-electron chi connectivity index (χ3n) is 5.99. The highest BCUT2D eigenvalue weighted by molar-refractivity contribution is 7.07. The second-order valence-corrected chi connectivity index (χ2v) is 9.16. The molecule has 0 aliphatic carbocycles. The summed E-state index contributed by atoms with van der Waals surface area (Å²) < 4.78 is 12.9. The number of benzene rings is 2. The van der Waals surface area contributed by atoms with E-state index in [1.54, 1.807) is 23.0 Å². The smallest absolute Gasteiger partial charge is 0.206 e. The highest BCUT2D eigenvalue weighted by atomic mass is 32.1. The number of morpholine rings is 1. The molecule has 3 aromatic rings. The molecule has 2 N–H and O–H groups in total. The molecule has 5 rings (SSSR count). The van der Waals surface area contributed by atoms with Crippen LogP contribution in [0.3, 0.4) is 0 Å². The molecule has 0 bridgehead atoms. The van der Waals surface area contributed by atoms with Crippen molar-refractivity contribution < 1.29 is 19.7 Å². The van der Waals surface area contributed by atoms with Crippen LogP contribution >= 0.6 is 11.3 Å². The molecule has 2 aliphatic rings. The Balaban J connectivity index is 1.44. The molecule has 0 radical (unpaired) electrons. The Hall–Kier alpha value is -3.14. The van der Waals surface area contributed by atoms with E-state index in [9.17, 15) is 10.2 Å². The van der Waals surface area contributed by atoms with E-state index in [1.807, 2.05) is 17.5 Å². The molecule has 34 heavy (non-hydrogen) atoms. The Morgan fingerprint density at radius 1 is 1.06 bits per heavy atom. The highest BCUT2D eigenvalue weighted by Gasteiger charge is 2.16. The Bertz CT molecular complexity index is 1210. The molecule has 2 saturated heterocycles. The van der Waals surface area contributed by atoms with E-state index in [1.165, 1.54) is 23.1 Å². The van der Waals surface area contributed by atoms with Crippen LogP contribution in [0.5, 0.6) is 11.5 Å². The molecule has 0 amide bonds. The van der Waals surface area contributed by atoms with Crippen molar-refractivity contribution in [2.75, 3.05) is 44.4 Å². The van der Waals surface area contributed by atoms with Gasteiger partial charge in [0.1, 0.15) is 11.5 Å². The maximum absolute atomic E-state index is 10.4. The highest BCUT2D eigenvalue weighted by Crippen LogP contribution is 2.32. The molecule has 1 unspecified atom stereocenters. The average Bonchev–Trinajstić information content (AvgIpc) is 3.52. The summed E-state index contributed by atoms with van der Waals surface area (Å²) in [7, 11) is 0. The van der Waals surface area contributed by atoms with Gasteiger partial charge >= 0.3 is 0 Å². The first-order valence-electron chi connectivity index (χ1n) is 11.5. The van der Waals surface area contributed by atoms with Gasteiger partial charge in [-0.15, -0.1) is 11.3 Å². The minimum Gasteiger partial charge on any atom is -0.508 e. The van der Waals surface area contributed by atoms with Crippen molar-refractivity contribution in [2.45, 2.75) is 18.9 Å². The predicted octanol–water partition coefficient (Wildman–Crippen LogP) is 3.43. The Kier molecular flexibility index (Phi) is 6.94. The quantitative estimate of drug-likeness (QED) is 0.528. The van der Waals surface area contributed by atoms with Crippen molar-refractivity contribution >= 4 is 23.2 Å². The van der Waals surface area contributed by atoms with Crippen molar-refractivity contribution in [2.24, 2.45) is 10.1 Å². The first-order chi connectivity index (χ1) is 16.7. The number of phenols is 2. The molecule has 0 saturated carbocycles. The maximum Gasteiger partial charge on any atom is 0.206 e. The molecule has 1 aromatic heterocycles. The standard InChI is InChI=1S/C25H28N4O4S/c30-20-7-8-22(24(31)14-20)23-17-34-25(26-16-21-2-1-11-33-21)29(23)27-15-18-3-5-19(6-4-18)28-9-12-32-13-10-28/h3-8,14-15,17,21,30-31H,1-2,9-13,16H2/b26-25?,27-15+. The third-order valence-corrected chi connectivity index (χ3v) is 6.84. The minimum absolute atomic E-state index is 0.00943. The van der Waals surface area contributed by atoms with Gasteiger partial charge in [-0.3, -0.25) is 4.99 Å². The second-order valence-electron chi connectivity index (χ2n) is 8.33. The lowest BCUT2D eigenvalue weighted by atomic mass is 10.1. The lowest BCUT2D eigenvalue weighted by molar-refractivity contribution is 0.117. The van der Waals surface area contributed by atoms with E-state index in [2.05, 4.69) is 17.0 Å². The van der Waals surface area contributed by atoms with Crippen molar-refractivity contribution in [3.63, 3.8) is 0 Å². The maximum atomic E-state index is 10.4. The number of anilines is 1. The normalized spacial score (nSPS) is 19.4. The van der Waals surface area contributed by atoms with Crippen molar-refractivity contribution in [3.05, 3.63) is 58.2 Å². The van der Waals surface area contributed by atoms with Crippen LogP contribution in [0, 0.1) is 0 Å². The van der Waals surface area contributed by atoms with Crippen molar-refractivity contribution in [1.82, 2.24) is 4.68 Å². The first-order valence-corrected chi connectivity index (χ1v) is 12.4. The van der Waals surface area contributed by atoms with Gasteiger partial charge in [0.15, 0.2) is 0 Å². The number of nitrogens with zero attached hydrogens (tertiary/aromatic N) is 4. The van der Waals surface area contributed by atoms with E-state index in [-0.39, 0.29) is 17.6 Å². The summed E-state index contributed by atoms with van der Waals surface area (Å²) in [6, 6.07) is 12.8. The fourth-order valence-electron chi connectivity index (χ4n) is 4.13. The zero-order valence-electron chi connectivity index (χ0n) is 18.8. The number of thiazole rings is 1. The van der Waals surface area contributed by atoms with Crippen LogP contribution in [-0.2, 0) is 9.47 Å². The van der Waals surface area contributed by atoms with Crippen LogP contribution in [-0.4, -0.2) is 66.7 Å². The number of hydrogen-bond donors (Lipinski definition) is 2. The molecule has 2 aromatic carbocycles. The van der Waals surface area contributed by atoms with Crippen LogP contribution in [0.2, 0.25) is 0 Å². The summed E-state index contributed by atoms with van der Waals surface area (Å²) >= 11 is 1.46. The molecule has 0 spiro atoms. The van der Waals surface area contributed by atoms with Gasteiger partial charge in [0, 0.05) is 42.4 Å². The molecule has 1 atom stereocenters. The second kappa shape index (κ2) is 10.4. The van der Waals surface area contributed by atoms with Crippen LogP contribution in [0.15, 0.2) is 57.9 Å². The zero-order valence-corrected chi connectivity index (χ0v) is 19.7. The van der Waals surface area contributed by atoms with Gasteiger partial charge in [-0.2, -0.15) is 5.10 Å². The summed E-state index contributed by atoms with van der Waals surface area (Å²) in [5.74, 6) is -0.00234. The van der Waals surface area contributed by atoms with Crippen LogP contribution in [0.4, 0.5) is 5.69 Å². The fourth-order valence-corrected chi connectivity index (χ4v) is 4.97. The topological polar surface area (TPSA) is 91.8 Å². The summed E-state index contributed by atoms with van der Waals surface area (Å²) in [5, 5.41) is 26.8. The van der Waals surface area contributed by atoms with Crippen LogP contribution in [0.1, 0.15) is 18.4 Å². The lowest BCUT2D eigenvalue weighted by Gasteiger charge is -2.28. The van der Waals surface area contributed by atoms with Gasteiger partial charge in [-0.25, -0.2) is 4.68 Å². The summed E-state index contributed by atoms with van der Waals surface area (Å²) in [5.41, 5.74) is 3.41. The van der Waals surface area contributed by atoms with Crippen molar-refractivity contribution in [1.29, 1.82) is 0 Å². The third kappa shape index (κ3) is 5.16. The van der Waals surface area contributed by atoms with Gasteiger partial charge in [-0.05, 0) is 42.7 Å². The van der Waals surface area contributed by atoms with Crippen molar-refractivity contribution in [3.8, 4) is 22.8 Å². The molecular weight excluding hydrogens is 452 g/mol. The number of ether oxygens (including phenoxy) is 2. The van der Waals surface area contributed by atoms with E-state index in [0.29, 0.717) is 17.8 Å². The van der Waals surface area contributed by atoms with Gasteiger partial charge in [0.05, 0.1) is 37.8 Å². The Labute approximate surface area is 202 Å². The number of hydrogen-bond acceptors (Lipinski definition) is 8. The van der Waals surface area contributed by atoms with E-state index < -0.39 is 0 Å². The lowest BCUT2D eigenvalue weighted by Crippen LogP contribution is -2.36. The molecule has 2 aliphatic heterocycles. The minimum atomic E-state index is -0.0118. The predicted molar refractivity (Wildman–Crippen MR) is 133 cm³/mol. The Morgan fingerprint density at radius 3 is 2.62 bits per heavy atom. The number of aromatic hydroxyl groups is 2. The molecule has 8 nitrogen and oxygen atoms in total. The number of rotatable bonds is 6. The molecular formula is C25H28N4O4S. The van der Waals surface area contributed by atoms with E-state index in [0.717, 1.165) is 56.1 Å². The van der Waals surface area contributed by atoms with Gasteiger partial charge < -0.3 is 24.6 Å². The number of phenolic OH excluding ortho intramolecular Hbond substituents is 2.